The molecule has 1 heterocycles. The highest BCUT2D eigenvalue weighted by Crippen LogP contribution is 2.19. The molecule has 0 aliphatic rings. The van der Waals surface area contributed by atoms with Gasteiger partial charge in [-0.2, -0.15) is 5.10 Å². The molecule has 190 valence electrons. The molecule has 0 fully saturated rings. The second-order valence-electron chi connectivity index (χ2n) is 8.98. The van der Waals surface area contributed by atoms with Crippen LogP contribution in [-0.4, -0.2) is 74.3 Å². The van der Waals surface area contributed by atoms with Gasteiger partial charge in [0.2, 0.25) is 0 Å². The molecule has 1 aromatic heterocycles. The molecule has 2 amide bonds. The molecule has 36 heavy (non-hydrogen) atoms. The van der Waals surface area contributed by atoms with Crippen molar-refractivity contribution in [1.29, 1.82) is 0 Å². The van der Waals surface area contributed by atoms with E-state index in [1.165, 1.54) is 16.0 Å². The van der Waals surface area contributed by atoms with Gasteiger partial charge in [-0.15, -0.1) is 0 Å². The molecule has 0 aliphatic carbocycles. The van der Waals surface area contributed by atoms with Crippen LogP contribution in [0.3, 0.4) is 0 Å². The van der Waals surface area contributed by atoms with E-state index in [9.17, 15) is 19.5 Å². The van der Waals surface area contributed by atoms with Crippen LogP contribution >= 0.6 is 0 Å². The lowest BCUT2D eigenvalue weighted by molar-refractivity contribution is -0.148. The van der Waals surface area contributed by atoms with E-state index in [2.05, 4.69) is 15.6 Å². The molecule has 2 aromatic carbocycles. The summed E-state index contributed by atoms with van der Waals surface area (Å²) in [5.41, 5.74) is 5.59. The van der Waals surface area contributed by atoms with Gasteiger partial charge in [-0.3, -0.25) is 20.1 Å². The first-order valence-corrected chi connectivity index (χ1v) is 11.6. The Labute approximate surface area is 209 Å². The number of amides is 2. The summed E-state index contributed by atoms with van der Waals surface area (Å²) < 4.78 is 0. The fourth-order valence-corrected chi connectivity index (χ4v) is 3.67. The van der Waals surface area contributed by atoms with Crippen LogP contribution < -0.4 is 5.43 Å². The summed E-state index contributed by atoms with van der Waals surface area (Å²) in [5, 5.41) is 26.8. The van der Waals surface area contributed by atoms with E-state index in [0.29, 0.717) is 6.54 Å². The van der Waals surface area contributed by atoms with Gasteiger partial charge in [0.1, 0.15) is 5.69 Å². The molecular weight excluding hydrogens is 462 g/mol. The second-order valence-corrected chi connectivity index (χ2v) is 8.98. The van der Waals surface area contributed by atoms with E-state index in [0.717, 1.165) is 16.7 Å². The molecule has 1 atom stereocenters. The van der Waals surface area contributed by atoms with Crippen molar-refractivity contribution in [2.75, 3.05) is 20.1 Å². The Kier molecular flexibility index (Phi) is 8.93. The molecule has 10 nitrogen and oxygen atoms in total. The number of carbonyl (C=O) groups excluding carboxylic acids is 2. The number of carboxylic acid groups (broad SMARTS) is 1. The summed E-state index contributed by atoms with van der Waals surface area (Å²) in [4.78, 5) is 38.1. The molecule has 4 N–H and O–H groups in total. The van der Waals surface area contributed by atoms with Crippen molar-refractivity contribution in [3.8, 4) is 11.1 Å². The predicted octanol–water partition coefficient (Wildman–Crippen LogP) is 2.40. The van der Waals surface area contributed by atoms with E-state index in [4.69, 9.17) is 5.11 Å². The summed E-state index contributed by atoms with van der Waals surface area (Å²) >= 11 is 0. The van der Waals surface area contributed by atoms with Crippen LogP contribution in [0, 0.1) is 5.92 Å². The fourth-order valence-electron chi connectivity index (χ4n) is 3.67. The van der Waals surface area contributed by atoms with Crippen LogP contribution in [0.1, 0.15) is 40.4 Å². The van der Waals surface area contributed by atoms with Gasteiger partial charge in [0.05, 0.1) is 6.54 Å². The zero-order chi connectivity index (χ0) is 26.2. The van der Waals surface area contributed by atoms with Crippen molar-refractivity contribution in [1.82, 2.24) is 25.5 Å². The van der Waals surface area contributed by atoms with Gasteiger partial charge >= 0.3 is 5.97 Å². The molecule has 0 spiro atoms. The topological polar surface area (TPSA) is 139 Å². The van der Waals surface area contributed by atoms with Gasteiger partial charge in [-0.1, -0.05) is 68.4 Å². The van der Waals surface area contributed by atoms with Gasteiger partial charge < -0.3 is 15.1 Å². The zero-order valence-electron chi connectivity index (χ0n) is 20.5. The molecule has 3 rings (SSSR count). The van der Waals surface area contributed by atoms with Crippen molar-refractivity contribution < 1.29 is 24.6 Å². The van der Waals surface area contributed by atoms with Crippen molar-refractivity contribution >= 4 is 17.8 Å². The lowest BCUT2D eigenvalue weighted by Gasteiger charge is -2.24. The van der Waals surface area contributed by atoms with Crippen LogP contribution in [0.5, 0.6) is 0 Å². The van der Waals surface area contributed by atoms with Crippen LogP contribution in [0.4, 0.5) is 0 Å². The number of hydrazine groups is 1. The van der Waals surface area contributed by atoms with Crippen LogP contribution in [-0.2, 0) is 11.3 Å². The number of rotatable bonds is 11. The van der Waals surface area contributed by atoms with E-state index in [1.807, 2.05) is 68.4 Å². The maximum atomic E-state index is 12.8. The standard InChI is InChI=1S/C26H31N5O5/c1-17(2)14-30(3)25(34)22-13-21(27-28-22)24(33)29-31(16-23(32)26(35)36)15-18-9-11-20(12-10-18)19-7-5-4-6-8-19/h4-13,17,23,32H,14-16H2,1-3H3,(H,27,28)(H,29,33)(H,35,36). The van der Waals surface area contributed by atoms with Gasteiger partial charge in [0.25, 0.3) is 11.8 Å². The molecule has 10 heteroatoms. The first-order valence-electron chi connectivity index (χ1n) is 11.6. The average Bonchev–Trinajstić information content (AvgIpc) is 3.34. The van der Waals surface area contributed by atoms with Crippen molar-refractivity contribution in [3.63, 3.8) is 0 Å². The Morgan fingerprint density at radius 2 is 1.64 bits per heavy atom. The zero-order valence-corrected chi connectivity index (χ0v) is 20.5. The lowest BCUT2D eigenvalue weighted by atomic mass is 10.0. The van der Waals surface area contributed by atoms with Gasteiger partial charge in [0, 0.05) is 26.2 Å². The molecule has 0 aliphatic heterocycles. The molecule has 3 aromatic rings. The van der Waals surface area contributed by atoms with Crippen molar-refractivity contribution in [3.05, 3.63) is 77.6 Å². The number of aliphatic hydroxyl groups is 1. The van der Waals surface area contributed by atoms with Gasteiger partial charge in [0.15, 0.2) is 11.8 Å². The number of nitrogens with one attached hydrogen (secondary N) is 2. The molecule has 0 saturated carbocycles. The summed E-state index contributed by atoms with van der Waals surface area (Å²) in [6.45, 7) is 4.31. The number of carboxylic acids is 1. The smallest absolute Gasteiger partial charge is 0.333 e. The number of benzene rings is 2. The Morgan fingerprint density at radius 1 is 1.00 bits per heavy atom. The minimum atomic E-state index is -1.71. The molecule has 1 unspecified atom stereocenters. The van der Waals surface area contributed by atoms with E-state index in [-0.39, 0.29) is 36.3 Å². The number of H-pyrrole nitrogens is 1. The highest BCUT2D eigenvalue weighted by Gasteiger charge is 2.23. The van der Waals surface area contributed by atoms with E-state index < -0.39 is 18.0 Å². The number of carbonyl (C=O) groups is 3. The summed E-state index contributed by atoms with van der Waals surface area (Å²) in [6, 6.07) is 18.8. The SMILES string of the molecule is CC(C)CN(C)C(=O)c1cc(C(=O)NN(Cc2ccc(-c3ccccc3)cc2)CC(O)C(=O)O)[nH]n1. The summed E-state index contributed by atoms with van der Waals surface area (Å²) in [5.74, 6) is -2.07. The predicted molar refractivity (Wildman–Crippen MR) is 134 cm³/mol. The number of aromatic nitrogens is 2. The highest BCUT2D eigenvalue weighted by atomic mass is 16.4. The Morgan fingerprint density at radius 3 is 2.25 bits per heavy atom. The Hall–Kier alpha value is -4.02. The quantitative estimate of drug-likeness (QED) is 0.301. The van der Waals surface area contributed by atoms with Crippen molar-refractivity contribution in [2.45, 2.75) is 26.5 Å². The third kappa shape index (κ3) is 7.24. The normalized spacial score (nSPS) is 11.9. The van der Waals surface area contributed by atoms with E-state index in [1.54, 1.807) is 7.05 Å². The lowest BCUT2D eigenvalue weighted by Crippen LogP contribution is -2.47. The maximum Gasteiger partial charge on any atom is 0.333 e. The number of nitrogens with zero attached hydrogens (tertiary/aromatic N) is 3. The molecular formula is C26H31N5O5. The van der Waals surface area contributed by atoms with Crippen LogP contribution in [0.25, 0.3) is 11.1 Å². The number of aliphatic hydroxyl groups excluding tert-OH is 1. The van der Waals surface area contributed by atoms with Gasteiger partial charge in [-0.25, -0.2) is 9.80 Å². The van der Waals surface area contributed by atoms with Crippen molar-refractivity contribution in [2.24, 2.45) is 5.92 Å². The first-order chi connectivity index (χ1) is 17.1. The number of aliphatic carboxylic acids is 1. The summed E-state index contributed by atoms with van der Waals surface area (Å²) in [7, 11) is 1.66. The number of hydrogen-bond acceptors (Lipinski definition) is 6. The van der Waals surface area contributed by atoms with Crippen LogP contribution in [0.15, 0.2) is 60.7 Å². The highest BCUT2D eigenvalue weighted by molar-refractivity contribution is 5.97. The third-order valence-electron chi connectivity index (χ3n) is 5.40. The molecule has 0 bridgehead atoms. The summed E-state index contributed by atoms with van der Waals surface area (Å²) in [6.07, 6.45) is -1.71. The molecule has 0 radical (unpaired) electrons. The first kappa shape index (κ1) is 26.6. The average molecular weight is 494 g/mol. The largest absolute Gasteiger partial charge is 0.479 e. The molecule has 0 saturated heterocycles. The number of hydrogen-bond donors (Lipinski definition) is 4. The maximum absolute atomic E-state index is 12.8. The third-order valence-corrected chi connectivity index (χ3v) is 5.40. The monoisotopic (exact) mass is 493 g/mol. The Bertz CT molecular complexity index is 1180. The fraction of sp³-hybridized carbons (Fsp3) is 0.308. The Balaban J connectivity index is 1.71. The van der Waals surface area contributed by atoms with Gasteiger partial charge in [-0.05, 0) is 22.6 Å². The minimum Gasteiger partial charge on any atom is -0.479 e. The second kappa shape index (κ2) is 12.1. The number of aromatic amines is 1. The van der Waals surface area contributed by atoms with Crippen LogP contribution in [0.2, 0.25) is 0 Å². The van der Waals surface area contributed by atoms with E-state index >= 15 is 0 Å². The minimum absolute atomic E-state index is 0.0329.